The van der Waals surface area contributed by atoms with E-state index < -0.39 is 66.2 Å². The van der Waals surface area contributed by atoms with Crippen LogP contribution >= 0.6 is 0 Å². The SMILES string of the molecule is NC(=O)CCC(N)C(=O)NC(Cc1ccccc1)C(=O)NC(Cc1ccccc1)C(=O)NC(CC(=O)O)C(=O)O. The Hall–Kier alpha value is -4.78. The molecular weight excluding hydrogens is 522 g/mol. The van der Waals surface area contributed by atoms with E-state index in [4.69, 9.17) is 16.6 Å². The molecule has 0 aliphatic heterocycles. The summed E-state index contributed by atoms with van der Waals surface area (Å²) in [5.74, 6) is -6.03. The summed E-state index contributed by atoms with van der Waals surface area (Å²) in [5, 5.41) is 25.6. The zero-order valence-electron chi connectivity index (χ0n) is 21.6. The first kappa shape index (κ1) is 31.4. The molecule has 214 valence electrons. The average molecular weight is 556 g/mol. The number of hydrogen-bond acceptors (Lipinski definition) is 7. The fourth-order valence-electron chi connectivity index (χ4n) is 3.75. The lowest BCUT2D eigenvalue weighted by Crippen LogP contribution is -2.58. The first-order chi connectivity index (χ1) is 19.0. The first-order valence-electron chi connectivity index (χ1n) is 12.4. The molecule has 0 spiro atoms. The summed E-state index contributed by atoms with van der Waals surface area (Å²) >= 11 is 0. The smallest absolute Gasteiger partial charge is 0.326 e. The van der Waals surface area contributed by atoms with E-state index in [0.29, 0.717) is 11.1 Å². The van der Waals surface area contributed by atoms with Gasteiger partial charge >= 0.3 is 11.9 Å². The Kier molecular flexibility index (Phi) is 12.3. The van der Waals surface area contributed by atoms with Crippen LogP contribution in [-0.2, 0) is 41.6 Å². The number of carbonyl (C=O) groups excluding carboxylic acids is 4. The van der Waals surface area contributed by atoms with Crippen LogP contribution in [0.3, 0.4) is 0 Å². The highest BCUT2D eigenvalue weighted by Gasteiger charge is 2.31. The van der Waals surface area contributed by atoms with Crippen molar-refractivity contribution in [2.45, 2.75) is 56.3 Å². The Bertz CT molecular complexity index is 1190. The Morgan fingerprint density at radius 3 is 1.50 bits per heavy atom. The van der Waals surface area contributed by atoms with Gasteiger partial charge in [0.25, 0.3) is 0 Å². The summed E-state index contributed by atoms with van der Waals surface area (Å²) in [6, 6.07) is 11.9. The Morgan fingerprint density at radius 2 is 1.10 bits per heavy atom. The number of primary amides is 1. The Morgan fingerprint density at radius 1 is 0.675 bits per heavy atom. The summed E-state index contributed by atoms with van der Waals surface area (Å²) in [6.45, 7) is 0. The molecule has 40 heavy (non-hydrogen) atoms. The molecule has 0 aliphatic rings. The van der Waals surface area contributed by atoms with Crippen molar-refractivity contribution in [2.75, 3.05) is 0 Å². The van der Waals surface area contributed by atoms with Crippen molar-refractivity contribution in [3.05, 3.63) is 71.8 Å². The summed E-state index contributed by atoms with van der Waals surface area (Å²) in [7, 11) is 0. The van der Waals surface area contributed by atoms with Gasteiger partial charge in [-0.3, -0.25) is 24.0 Å². The maximum Gasteiger partial charge on any atom is 0.326 e. The summed E-state index contributed by atoms with van der Waals surface area (Å²) in [6.07, 6.45) is -1.08. The summed E-state index contributed by atoms with van der Waals surface area (Å²) < 4.78 is 0. The van der Waals surface area contributed by atoms with Crippen molar-refractivity contribution < 1.29 is 39.0 Å². The normalized spacial score (nSPS) is 13.6. The topological polar surface area (TPSA) is 231 Å². The molecule has 9 N–H and O–H groups in total. The molecule has 0 radical (unpaired) electrons. The van der Waals surface area contributed by atoms with Gasteiger partial charge in [0.2, 0.25) is 23.6 Å². The first-order valence-corrected chi connectivity index (χ1v) is 12.4. The molecule has 0 aliphatic carbocycles. The highest BCUT2D eigenvalue weighted by Crippen LogP contribution is 2.08. The quantitative estimate of drug-likeness (QED) is 0.135. The van der Waals surface area contributed by atoms with Crippen LogP contribution in [0.15, 0.2) is 60.7 Å². The minimum absolute atomic E-state index is 0.0252. The molecule has 2 aromatic carbocycles. The van der Waals surface area contributed by atoms with Gasteiger partial charge in [0.1, 0.15) is 18.1 Å². The van der Waals surface area contributed by atoms with Crippen molar-refractivity contribution in [1.29, 1.82) is 0 Å². The molecule has 0 saturated heterocycles. The van der Waals surface area contributed by atoms with Gasteiger partial charge in [0.05, 0.1) is 12.5 Å². The molecule has 2 aromatic rings. The second-order valence-corrected chi connectivity index (χ2v) is 9.11. The molecule has 13 nitrogen and oxygen atoms in total. The number of rotatable bonds is 16. The average Bonchev–Trinajstić information content (AvgIpc) is 2.91. The molecule has 0 bridgehead atoms. The minimum atomic E-state index is -1.73. The van der Waals surface area contributed by atoms with Gasteiger partial charge in [0.15, 0.2) is 0 Å². The zero-order chi connectivity index (χ0) is 29.7. The molecule has 13 heteroatoms. The highest BCUT2D eigenvalue weighted by atomic mass is 16.4. The molecule has 0 aromatic heterocycles. The maximum atomic E-state index is 13.4. The summed E-state index contributed by atoms with van der Waals surface area (Å²) in [4.78, 5) is 72.9. The number of hydrogen-bond donors (Lipinski definition) is 7. The van der Waals surface area contributed by atoms with Crippen molar-refractivity contribution in [2.24, 2.45) is 11.5 Å². The molecular formula is C27H33N5O8. The van der Waals surface area contributed by atoms with Gasteiger partial charge in [0, 0.05) is 19.3 Å². The van der Waals surface area contributed by atoms with Crippen molar-refractivity contribution in [3.8, 4) is 0 Å². The van der Waals surface area contributed by atoms with Crippen LogP contribution in [0.2, 0.25) is 0 Å². The highest BCUT2D eigenvalue weighted by molar-refractivity contribution is 5.95. The van der Waals surface area contributed by atoms with E-state index in [2.05, 4.69) is 16.0 Å². The van der Waals surface area contributed by atoms with Crippen LogP contribution in [-0.4, -0.2) is 69.9 Å². The van der Waals surface area contributed by atoms with E-state index >= 15 is 0 Å². The van der Waals surface area contributed by atoms with Gasteiger partial charge < -0.3 is 37.6 Å². The third-order valence-electron chi connectivity index (χ3n) is 5.86. The van der Waals surface area contributed by atoms with E-state index in [0.717, 1.165) is 0 Å². The lowest BCUT2D eigenvalue weighted by molar-refractivity contribution is -0.147. The summed E-state index contributed by atoms with van der Waals surface area (Å²) in [5.41, 5.74) is 12.3. The predicted octanol–water partition coefficient (Wildman–Crippen LogP) is -0.922. The minimum Gasteiger partial charge on any atom is -0.481 e. The van der Waals surface area contributed by atoms with Crippen molar-refractivity contribution >= 4 is 35.6 Å². The molecule has 0 fully saturated rings. The van der Waals surface area contributed by atoms with E-state index in [9.17, 15) is 33.9 Å². The van der Waals surface area contributed by atoms with Crippen LogP contribution in [0.5, 0.6) is 0 Å². The molecule has 0 heterocycles. The van der Waals surface area contributed by atoms with Crippen LogP contribution in [0.25, 0.3) is 0 Å². The largest absolute Gasteiger partial charge is 0.481 e. The fraction of sp³-hybridized carbons (Fsp3) is 0.333. The molecule has 4 amide bonds. The monoisotopic (exact) mass is 555 g/mol. The third-order valence-corrected chi connectivity index (χ3v) is 5.86. The maximum absolute atomic E-state index is 13.4. The number of nitrogens with two attached hydrogens (primary N) is 2. The fourth-order valence-corrected chi connectivity index (χ4v) is 3.75. The van der Waals surface area contributed by atoms with E-state index in [1.807, 2.05) is 0 Å². The number of nitrogens with one attached hydrogen (secondary N) is 3. The van der Waals surface area contributed by atoms with E-state index in [1.165, 1.54) is 0 Å². The molecule has 4 unspecified atom stereocenters. The number of aliphatic carboxylic acids is 2. The predicted molar refractivity (Wildman–Crippen MR) is 142 cm³/mol. The zero-order valence-corrected chi connectivity index (χ0v) is 21.6. The molecule has 4 atom stereocenters. The molecule has 2 rings (SSSR count). The van der Waals surface area contributed by atoms with Gasteiger partial charge in [-0.15, -0.1) is 0 Å². The van der Waals surface area contributed by atoms with Gasteiger partial charge in [-0.25, -0.2) is 4.79 Å². The van der Waals surface area contributed by atoms with Crippen LogP contribution in [0.1, 0.15) is 30.4 Å². The number of carboxylic acid groups (broad SMARTS) is 2. The Balaban J connectivity index is 2.29. The third kappa shape index (κ3) is 10.9. The standard InChI is InChI=1S/C27H33N5O8/c28-18(11-12-22(29)33)24(36)30-19(13-16-7-3-1-4-8-16)25(37)31-20(14-17-9-5-2-6-10-17)26(38)32-21(27(39)40)15-23(34)35/h1-10,18-21H,11-15,28H2,(H2,29,33)(H,30,36)(H,31,37)(H,32,38)(H,34,35)(H,39,40). The van der Waals surface area contributed by atoms with Gasteiger partial charge in [-0.05, 0) is 17.5 Å². The number of amides is 4. The van der Waals surface area contributed by atoms with Crippen molar-refractivity contribution in [3.63, 3.8) is 0 Å². The Labute approximate surface area is 230 Å². The number of benzene rings is 2. The van der Waals surface area contributed by atoms with Gasteiger partial charge in [-0.2, -0.15) is 0 Å². The number of carbonyl (C=O) groups is 6. The number of carboxylic acids is 2. The lowest BCUT2D eigenvalue weighted by Gasteiger charge is -2.25. The van der Waals surface area contributed by atoms with Crippen LogP contribution in [0, 0.1) is 0 Å². The van der Waals surface area contributed by atoms with E-state index in [1.54, 1.807) is 60.7 Å². The molecule has 0 saturated carbocycles. The second-order valence-electron chi connectivity index (χ2n) is 9.11. The van der Waals surface area contributed by atoms with Crippen LogP contribution in [0.4, 0.5) is 0 Å². The lowest BCUT2D eigenvalue weighted by atomic mass is 10.0. The van der Waals surface area contributed by atoms with Gasteiger partial charge in [-0.1, -0.05) is 60.7 Å². The van der Waals surface area contributed by atoms with Crippen molar-refractivity contribution in [1.82, 2.24) is 16.0 Å². The van der Waals surface area contributed by atoms with Crippen LogP contribution < -0.4 is 27.4 Å². The second kappa shape index (κ2) is 15.6. The van der Waals surface area contributed by atoms with E-state index in [-0.39, 0.29) is 25.7 Å².